The molecular formula is C5H9N5. The van der Waals surface area contributed by atoms with E-state index in [0.717, 1.165) is 0 Å². The third-order valence-electron chi connectivity index (χ3n) is 1.18. The van der Waals surface area contributed by atoms with Crippen molar-refractivity contribution in [2.24, 2.45) is 0 Å². The van der Waals surface area contributed by atoms with Crippen LogP contribution in [0.4, 0.5) is 17.5 Å². The molecule has 1 aromatic rings. The van der Waals surface area contributed by atoms with E-state index in [1.54, 1.807) is 6.92 Å². The van der Waals surface area contributed by atoms with Gasteiger partial charge in [-0.15, -0.1) is 0 Å². The van der Waals surface area contributed by atoms with Gasteiger partial charge in [0.05, 0.1) is 11.4 Å². The monoisotopic (exact) mass is 139 g/mol. The van der Waals surface area contributed by atoms with Crippen molar-refractivity contribution in [1.29, 1.82) is 0 Å². The summed E-state index contributed by atoms with van der Waals surface area (Å²) in [6, 6.07) is 0. The van der Waals surface area contributed by atoms with E-state index in [4.69, 9.17) is 17.2 Å². The van der Waals surface area contributed by atoms with Crippen molar-refractivity contribution in [1.82, 2.24) is 9.97 Å². The molecular weight excluding hydrogens is 130 g/mol. The van der Waals surface area contributed by atoms with Gasteiger partial charge in [0.1, 0.15) is 0 Å². The molecule has 0 spiro atoms. The Labute approximate surface area is 58.3 Å². The van der Waals surface area contributed by atoms with Crippen molar-refractivity contribution in [3.63, 3.8) is 0 Å². The van der Waals surface area contributed by atoms with E-state index in [-0.39, 0.29) is 11.8 Å². The number of rotatable bonds is 0. The quantitative estimate of drug-likeness (QED) is 0.450. The van der Waals surface area contributed by atoms with E-state index < -0.39 is 0 Å². The van der Waals surface area contributed by atoms with E-state index in [0.29, 0.717) is 11.4 Å². The van der Waals surface area contributed by atoms with Gasteiger partial charge in [0.2, 0.25) is 5.95 Å². The Morgan fingerprint density at radius 2 is 1.70 bits per heavy atom. The summed E-state index contributed by atoms with van der Waals surface area (Å²) >= 11 is 0. The number of hydrogen-bond donors (Lipinski definition) is 3. The summed E-state index contributed by atoms with van der Waals surface area (Å²) < 4.78 is 0. The maximum Gasteiger partial charge on any atom is 0.222 e. The summed E-state index contributed by atoms with van der Waals surface area (Å²) in [6.45, 7) is 1.73. The molecule has 0 aliphatic rings. The number of aromatic nitrogens is 2. The van der Waals surface area contributed by atoms with Gasteiger partial charge >= 0.3 is 0 Å². The zero-order chi connectivity index (χ0) is 7.72. The third kappa shape index (κ3) is 0.928. The molecule has 0 radical (unpaired) electrons. The second-order valence-electron chi connectivity index (χ2n) is 1.97. The van der Waals surface area contributed by atoms with Crippen LogP contribution in [0.3, 0.4) is 0 Å². The van der Waals surface area contributed by atoms with Crippen molar-refractivity contribution in [3.05, 3.63) is 5.69 Å². The number of hydrogen-bond acceptors (Lipinski definition) is 5. The molecule has 0 amide bonds. The molecule has 54 valence electrons. The summed E-state index contributed by atoms with van der Waals surface area (Å²) in [4.78, 5) is 7.45. The number of aryl methyl sites for hydroxylation is 1. The second kappa shape index (κ2) is 2.02. The largest absolute Gasteiger partial charge is 0.394 e. The SMILES string of the molecule is Cc1nc(N)nc(N)c1N. The fourth-order valence-corrected chi connectivity index (χ4v) is 0.626. The molecule has 6 N–H and O–H groups in total. The van der Waals surface area contributed by atoms with E-state index >= 15 is 0 Å². The van der Waals surface area contributed by atoms with Gasteiger partial charge in [-0.3, -0.25) is 0 Å². The van der Waals surface area contributed by atoms with Crippen LogP contribution in [0.25, 0.3) is 0 Å². The van der Waals surface area contributed by atoms with Gasteiger partial charge in [-0.2, -0.15) is 4.98 Å². The first-order valence-corrected chi connectivity index (χ1v) is 2.76. The number of nitrogen functional groups attached to an aromatic ring is 3. The summed E-state index contributed by atoms with van der Waals surface area (Å²) in [7, 11) is 0. The molecule has 0 saturated heterocycles. The van der Waals surface area contributed by atoms with Crippen LogP contribution in [0.15, 0.2) is 0 Å². The minimum Gasteiger partial charge on any atom is -0.394 e. The van der Waals surface area contributed by atoms with Crippen LogP contribution in [0.2, 0.25) is 0 Å². The van der Waals surface area contributed by atoms with Crippen molar-refractivity contribution in [3.8, 4) is 0 Å². The van der Waals surface area contributed by atoms with Gasteiger partial charge < -0.3 is 17.2 Å². The predicted molar refractivity (Wildman–Crippen MR) is 40.0 cm³/mol. The number of anilines is 3. The Hall–Kier alpha value is -1.52. The Balaban J connectivity index is 3.31. The van der Waals surface area contributed by atoms with Crippen molar-refractivity contribution < 1.29 is 0 Å². The Morgan fingerprint density at radius 1 is 1.10 bits per heavy atom. The molecule has 0 aliphatic carbocycles. The van der Waals surface area contributed by atoms with Gasteiger partial charge in [0.25, 0.3) is 0 Å². The van der Waals surface area contributed by atoms with Gasteiger partial charge in [-0.25, -0.2) is 4.98 Å². The maximum absolute atomic E-state index is 5.45. The smallest absolute Gasteiger partial charge is 0.222 e. The molecule has 0 bridgehead atoms. The van der Waals surface area contributed by atoms with Crippen LogP contribution < -0.4 is 17.2 Å². The molecule has 0 aliphatic heterocycles. The normalized spacial score (nSPS) is 9.70. The van der Waals surface area contributed by atoms with Crippen molar-refractivity contribution in [2.45, 2.75) is 6.92 Å². The van der Waals surface area contributed by atoms with Crippen LogP contribution in [0, 0.1) is 6.92 Å². The fourth-order valence-electron chi connectivity index (χ4n) is 0.626. The highest BCUT2D eigenvalue weighted by Crippen LogP contribution is 2.14. The second-order valence-corrected chi connectivity index (χ2v) is 1.97. The fraction of sp³-hybridized carbons (Fsp3) is 0.200. The Bertz CT molecular complexity index is 233. The van der Waals surface area contributed by atoms with Crippen LogP contribution in [0.1, 0.15) is 5.69 Å². The molecule has 10 heavy (non-hydrogen) atoms. The molecule has 0 aromatic carbocycles. The van der Waals surface area contributed by atoms with Gasteiger partial charge in [-0.05, 0) is 6.92 Å². The lowest BCUT2D eigenvalue weighted by molar-refractivity contribution is 1.13. The van der Waals surface area contributed by atoms with E-state index in [1.165, 1.54) is 0 Å². The molecule has 1 rings (SSSR count). The standard InChI is InChI=1S/C5H9N5/c1-2-3(6)4(7)10-5(8)9-2/h6H2,1H3,(H4,7,8,9,10). The molecule has 0 fully saturated rings. The lowest BCUT2D eigenvalue weighted by Crippen LogP contribution is -2.05. The molecule has 1 heterocycles. The molecule has 0 atom stereocenters. The summed E-state index contributed by atoms with van der Waals surface area (Å²) in [5.41, 5.74) is 17.1. The molecule has 1 aromatic heterocycles. The van der Waals surface area contributed by atoms with Crippen LogP contribution in [0.5, 0.6) is 0 Å². The highest BCUT2D eigenvalue weighted by Gasteiger charge is 2.01. The predicted octanol–water partition coefficient (Wildman–Crippen LogP) is -0.468. The van der Waals surface area contributed by atoms with Crippen LogP contribution >= 0.6 is 0 Å². The summed E-state index contributed by atoms with van der Waals surface area (Å²) in [5.74, 6) is 0.397. The van der Waals surface area contributed by atoms with Crippen LogP contribution in [-0.4, -0.2) is 9.97 Å². The molecule has 0 saturated carbocycles. The Kier molecular flexibility index (Phi) is 1.33. The highest BCUT2D eigenvalue weighted by atomic mass is 15.1. The van der Waals surface area contributed by atoms with Crippen molar-refractivity contribution in [2.75, 3.05) is 17.2 Å². The third-order valence-corrected chi connectivity index (χ3v) is 1.18. The minimum absolute atomic E-state index is 0.157. The lowest BCUT2D eigenvalue weighted by Gasteiger charge is -2.01. The molecule has 5 heteroatoms. The van der Waals surface area contributed by atoms with Gasteiger partial charge in [0.15, 0.2) is 5.82 Å². The summed E-state index contributed by atoms with van der Waals surface area (Å²) in [6.07, 6.45) is 0. The van der Waals surface area contributed by atoms with Gasteiger partial charge in [0, 0.05) is 0 Å². The van der Waals surface area contributed by atoms with E-state index in [9.17, 15) is 0 Å². The molecule has 0 unspecified atom stereocenters. The first kappa shape index (κ1) is 6.60. The average molecular weight is 139 g/mol. The zero-order valence-corrected chi connectivity index (χ0v) is 5.63. The topological polar surface area (TPSA) is 104 Å². The number of nitrogens with two attached hydrogens (primary N) is 3. The minimum atomic E-state index is 0.157. The maximum atomic E-state index is 5.45. The highest BCUT2D eigenvalue weighted by molar-refractivity contribution is 5.62. The van der Waals surface area contributed by atoms with E-state index in [2.05, 4.69) is 9.97 Å². The van der Waals surface area contributed by atoms with Gasteiger partial charge in [-0.1, -0.05) is 0 Å². The zero-order valence-electron chi connectivity index (χ0n) is 5.63. The van der Waals surface area contributed by atoms with E-state index in [1.807, 2.05) is 0 Å². The summed E-state index contributed by atoms with van der Waals surface area (Å²) in [5, 5.41) is 0. The molecule has 5 nitrogen and oxygen atoms in total. The number of nitrogens with zero attached hydrogens (tertiary/aromatic N) is 2. The first-order chi connectivity index (χ1) is 4.61. The lowest BCUT2D eigenvalue weighted by atomic mass is 10.3. The first-order valence-electron chi connectivity index (χ1n) is 2.76. The Morgan fingerprint density at radius 3 is 2.20 bits per heavy atom. The van der Waals surface area contributed by atoms with Crippen molar-refractivity contribution >= 4 is 17.5 Å². The average Bonchev–Trinajstić information content (AvgIpc) is 1.82. The van der Waals surface area contributed by atoms with Crippen LogP contribution in [-0.2, 0) is 0 Å².